The van der Waals surface area contributed by atoms with Crippen molar-refractivity contribution in [2.45, 2.75) is 13.0 Å². The summed E-state index contributed by atoms with van der Waals surface area (Å²) in [5.74, 6) is 0.827. The van der Waals surface area contributed by atoms with Gasteiger partial charge in [-0.2, -0.15) is 0 Å². The molecule has 2 nitrogen and oxygen atoms in total. The number of rotatable bonds is 5. The molecule has 0 radical (unpaired) electrons. The first kappa shape index (κ1) is 16.8. The molecule has 21 heavy (non-hydrogen) atoms. The van der Waals surface area contributed by atoms with E-state index in [2.05, 4.69) is 56.2 Å². The van der Waals surface area contributed by atoms with E-state index in [0.717, 1.165) is 32.4 Å². The predicted octanol–water partition coefficient (Wildman–Crippen LogP) is 5.57. The second-order valence-electron chi connectivity index (χ2n) is 4.58. The molecule has 0 aliphatic heterocycles. The van der Waals surface area contributed by atoms with Gasteiger partial charge in [-0.15, -0.1) is 0 Å². The van der Waals surface area contributed by atoms with Gasteiger partial charge >= 0.3 is 0 Å². The Morgan fingerprint density at radius 3 is 2.52 bits per heavy atom. The van der Waals surface area contributed by atoms with Crippen LogP contribution >= 0.6 is 43.5 Å². The number of halogens is 3. The number of nitrogens with one attached hydrogen (secondary N) is 1. The molecule has 0 spiro atoms. The van der Waals surface area contributed by atoms with Crippen LogP contribution in [0.5, 0.6) is 5.75 Å². The summed E-state index contributed by atoms with van der Waals surface area (Å²) in [4.78, 5) is 0. The molecule has 112 valence electrons. The quantitative estimate of drug-likeness (QED) is 0.665. The molecule has 1 unspecified atom stereocenters. The Balaban J connectivity index is 2.47. The summed E-state index contributed by atoms with van der Waals surface area (Å²) < 4.78 is 7.23. The van der Waals surface area contributed by atoms with Crippen molar-refractivity contribution >= 4 is 43.5 Å². The number of hydrogen-bond acceptors (Lipinski definition) is 2. The Labute approximate surface area is 147 Å². The molecule has 0 amide bonds. The summed E-state index contributed by atoms with van der Waals surface area (Å²) in [6.07, 6.45) is 0. The van der Waals surface area contributed by atoms with Crippen LogP contribution in [-0.2, 0) is 0 Å². The molecular formula is C16H16Br2ClNO. The van der Waals surface area contributed by atoms with Gasteiger partial charge < -0.3 is 10.1 Å². The zero-order valence-electron chi connectivity index (χ0n) is 11.8. The van der Waals surface area contributed by atoms with Gasteiger partial charge in [-0.05, 0) is 48.0 Å². The molecule has 2 rings (SSSR count). The Bertz CT molecular complexity index is 613. The average Bonchev–Trinajstić information content (AvgIpc) is 2.44. The lowest BCUT2D eigenvalue weighted by molar-refractivity contribution is 0.414. The van der Waals surface area contributed by atoms with E-state index in [4.69, 9.17) is 16.3 Å². The minimum Gasteiger partial charge on any atom is -0.497 e. The third-order valence-electron chi connectivity index (χ3n) is 3.15. The largest absolute Gasteiger partial charge is 0.497 e. The van der Waals surface area contributed by atoms with Crippen LogP contribution in [0, 0.1) is 0 Å². The Morgan fingerprint density at radius 2 is 1.95 bits per heavy atom. The number of benzene rings is 2. The van der Waals surface area contributed by atoms with Crippen molar-refractivity contribution in [3.05, 3.63) is 61.5 Å². The van der Waals surface area contributed by atoms with Crippen molar-refractivity contribution in [3.8, 4) is 5.75 Å². The normalized spacial score (nSPS) is 12.2. The van der Waals surface area contributed by atoms with Gasteiger partial charge in [0.05, 0.1) is 13.2 Å². The first-order valence-corrected chi connectivity index (χ1v) is 8.54. The number of methoxy groups -OCH3 is 1. The van der Waals surface area contributed by atoms with Gasteiger partial charge in [-0.1, -0.05) is 56.5 Å². The van der Waals surface area contributed by atoms with Crippen LogP contribution in [0.2, 0.25) is 5.02 Å². The van der Waals surface area contributed by atoms with E-state index in [1.165, 1.54) is 0 Å². The predicted molar refractivity (Wildman–Crippen MR) is 95.4 cm³/mol. The van der Waals surface area contributed by atoms with Crippen LogP contribution in [0.1, 0.15) is 24.1 Å². The summed E-state index contributed by atoms with van der Waals surface area (Å²) in [6.45, 7) is 2.94. The highest BCUT2D eigenvalue weighted by atomic mass is 79.9. The molecule has 0 bridgehead atoms. The lowest BCUT2D eigenvalue weighted by atomic mass is 9.98. The molecular weight excluding hydrogens is 417 g/mol. The molecule has 2 aromatic carbocycles. The molecule has 0 aromatic heterocycles. The van der Waals surface area contributed by atoms with Gasteiger partial charge in [0.25, 0.3) is 0 Å². The monoisotopic (exact) mass is 431 g/mol. The third kappa shape index (κ3) is 4.22. The smallest absolute Gasteiger partial charge is 0.120 e. The first-order valence-electron chi connectivity index (χ1n) is 6.58. The van der Waals surface area contributed by atoms with Crippen LogP contribution in [-0.4, -0.2) is 13.7 Å². The Kier molecular flexibility index (Phi) is 6.11. The summed E-state index contributed by atoms with van der Waals surface area (Å²) in [6, 6.07) is 12.0. The first-order chi connectivity index (χ1) is 10.0. The highest BCUT2D eigenvalue weighted by Gasteiger charge is 2.17. The fraction of sp³-hybridized carbons (Fsp3) is 0.250. The van der Waals surface area contributed by atoms with E-state index in [1.54, 1.807) is 7.11 Å². The standard InChI is InChI=1S/C16H16Br2ClNO/c1-3-20-16(10-6-11(17)8-12(19)7-10)14-5-4-13(21-2)9-15(14)18/h4-9,16,20H,3H2,1-2H3. The van der Waals surface area contributed by atoms with Gasteiger partial charge in [0.15, 0.2) is 0 Å². The van der Waals surface area contributed by atoms with Gasteiger partial charge in [0, 0.05) is 14.0 Å². The lowest BCUT2D eigenvalue weighted by Gasteiger charge is -2.21. The summed E-state index contributed by atoms with van der Waals surface area (Å²) >= 11 is 13.3. The van der Waals surface area contributed by atoms with Crippen LogP contribution in [0.3, 0.4) is 0 Å². The summed E-state index contributed by atoms with van der Waals surface area (Å²) in [7, 11) is 1.66. The zero-order valence-corrected chi connectivity index (χ0v) is 15.7. The summed E-state index contributed by atoms with van der Waals surface area (Å²) in [5, 5.41) is 4.21. The highest BCUT2D eigenvalue weighted by Crippen LogP contribution is 2.33. The maximum absolute atomic E-state index is 6.18. The van der Waals surface area contributed by atoms with Crippen molar-refractivity contribution in [2.24, 2.45) is 0 Å². The van der Waals surface area contributed by atoms with Gasteiger partial charge in [-0.3, -0.25) is 0 Å². The number of hydrogen-bond donors (Lipinski definition) is 1. The van der Waals surface area contributed by atoms with E-state index < -0.39 is 0 Å². The van der Waals surface area contributed by atoms with Gasteiger partial charge in [-0.25, -0.2) is 0 Å². The van der Waals surface area contributed by atoms with Crippen molar-refractivity contribution < 1.29 is 4.74 Å². The molecule has 0 aliphatic carbocycles. The molecule has 0 fully saturated rings. The fourth-order valence-corrected chi connectivity index (χ4v) is 3.70. The molecule has 0 saturated heterocycles. The molecule has 0 aliphatic rings. The third-order valence-corrected chi connectivity index (χ3v) is 4.51. The minimum absolute atomic E-state index is 0.0604. The number of ether oxygens (including phenoxy) is 1. The Morgan fingerprint density at radius 1 is 1.19 bits per heavy atom. The van der Waals surface area contributed by atoms with E-state index in [-0.39, 0.29) is 6.04 Å². The van der Waals surface area contributed by atoms with Crippen molar-refractivity contribution in [1.29, 1.82) is 0 Å². The maximum atomic E-state index is 6.18. The van der Waals surface area contributed by atoms with E-state index in [9.17, 15) is 0 Å². The second kappa shape index (κ2) is 7.63. The average molecular weight is 434 g/mol. The lowest BCUT2D eigenvalue weighted by Crippen LogP contribution is -2.22. The van der Waals surface area contributed by atoms with Crippen LogP contribution in [0.25, 0.3) is 0 Å². The van der Waals surface area contributed by atoms with Crippen LogP contribution < -0.4 is 10.1 Å². The SMILES string of the molecule is CCNC(c1cc(Cl)cc(Br)c1)c1ccc(OC)cc1Br. The Hall–Kier alpha value is -0.550. The molecule has 0 saturated carbocycles. The second-order valence-corrected chi connectivity index (χ2v) is 6.79. The summed E-state index contributed by atoms with van der Waals surface area (Å²) in [5.41, 5.74) is 2.26. The van der Waals surface area contributed by atoms with Crippen molar-refractivity contribution in [2.75, 3.05) is 13.7 Å². The highest BCUT2D eigenvalue weighted by molar-refractivity contribution is 9.10. The molecule has 5 heteroatoms. The van der Waals surface area contributed by atoms with Gasteiger partial charge in [0.2, 0.25) is 0 Å². The van der Waals surface area contributed by atoms with Crippen molar-refractivity contribution in [3.63, 3.8) is 0 Å². The minimum atomic E-state index is 0.0604. The molecule has 0 heterocycles. The van der Waals surface area contributed by atoms with Crippen molar-refractivity contribution in [1.82, 2.24) is 5.32 Å². The van der Waals surface area contributed by atoms with E-state index >= 15 is 0 Å². The molecule has 1 N–H and O–H groups in total. The van der Waals surface area contributed by atoms with Crippen LogP contribution in [0.15, 0.2) is 45.3 Å². The molecule has 1 atom stereocenters. The van der Waals surface area contributed by atoms with E-state index in [1.807, 2.05) is 24.3 Å². The van der Waals surface area contributed by atoms with E-state index in [0.29, 0.717) is 5.02 Å². The maximum Gasteiger partial charge on any atom is 0.120 e. The molecule has 2 aromatic rings. The van der Waals surface area contributed by atoms with Gasteiger partial charge in [0.1, 0.15) is 5.75 Å². The fourth-order valence-electron chi connectivity index (χ4n) is 2.22. The van der Waals surface area contributed by atoms with Crippen LogP contribution in [0.4, 0.5) is 0 Å². The zero-order chi connectivity index (χ0) is 15.4. The topological polar surface area (TPSA) is 21.3 Å².